The molecule has 4 aromatic rings. The number of nitrogen functional groups attached to an aromatic ring is 1. The monoisotopic (exact) mass is 606 g/mol. The lowest BCUT2D eigenvalue weighted by Gasteiger charge is -2.25. The molecule has 0 radical (unpaired) electrons. The highest BCUT2D eigenvalue weighted by Gasteiger charge is 2.21. The number of unbranched alkanes of at least 4 members (excludes halogenated alkanes) is 1. The van der Waals surface area contributed by atoms with Crippen molar-refractivity contribution >= 4 is 39.6 Å². The highest BCUT2D eigenvalue weighted by atomic mass is 19.1. The highest BCUT2D eigenvalue weighted by molar-refractivity contribution is 6.06. The van der Waals surface area contributed by atoms with Gasteiger partial charge in [0, 0.05) is 37.0 Å². The van der Waals surface area contributed by atoms with Gasteiger partial charge in [0.25, 0.3) is 0 Å². The van der Waals surface area contributed by atoms with Gasteiger partial charge < -0.3 is 29.6 Å². The molecule has 0 saturated heterocycles. The maximum Gasteiger partial charge on any atom is 0.344 e. The normalized spacial score (nSPS) is 11.5. The SMILES string of the molecule is CCCCc1nc2c(N)nc3ccccc3c2n1CCCN(Cc1cccc(OCC(=O)OC(C)C)c1F)C(=O)CN(C)C. The minimum Gasteiger partial charge on any atom is -0.479 e. The lowest BCUT2D eigenvalue weighted by atomic mass is 10.1. The van der Waals surface area contributed by atoms with E-state index in [0.717, 1.165) is 41.5 Å². The molecule has 2 heterocycles. The van der Waals surface area contributed by atoms with Crippen molar-refractivity contribution in [2.75, 3.05) is 39.5 Å². The van der Waals surface area contributed by atoms with Crippen LogP contribution in [0.25, 0.3) is 21.9 Å². The van der Waals surface area contributed by atoms with E-state index in [0.29, 0.717) is 36.4 Å². The molecule has 0 aliphatic carbocycles. The summed E-state index contributed by atoms with van der Waals surface area (Å²) in [5.74, 6) is -0.0426. The molecule has 2 aromatic heterocycles. The number of hydrogen-bond acceptors (Lipinski definition) is 8. The number of nitrogens with two attached hydrogens (primary N) is 1. The summed E-state index contributed by atoms with van der Waals surface area (Å²) < 4.78 is 28.2. The van der Waals surface area contributed by atoms with E-state index in [1.54, 1.807) is 35.8 Å². The minimum atomic E-state index is -0.607. The average Bonchev–Trinajstić information content (AvgIpc) is 3.34. The molecule has 0 aliphatic heterocycles. The molecule has 236 valence electrons. The maximum absolute atomic E-state index is 15.5. The first-order valence-corrected chi connectivity index (χ1v) is 15.1. The van der Waals surface area contributed by atoms with Gasteiger partial charge in [0.05, 0.1) is 23.7 Å². The van der Waals surface area contributed by atoms with Crippen LogP contribution in [0.5, 0.6) is 5.75 Å². The summed E-state index contributed by atoms with van der Waals surface area (Å²) in [6.07, 6.45) is 3.12. The third-order valence-corrected chi connectivity index (χ3v) is 7.17. The first-order chi connectivity index (χ1) is 21.1. The van der Waals surface area contributed by atoms with Crippen molar-refractivity contribution < 1.29 is 23.5 Å². The third kappa shape index (κ3) is 8.02. The maximum atomic E-state index is 15.5. The van der Waals surface area contributed by atoms with Gasteiger partial charge in [-0.3, -0.25) is 4.79 Å². The van der Waals surface area contributed by atoms with Gasteiger partial charge in [-0.1, -0.05) is 43.7 Å². The van der Waals surface area contributed by atoms with Crippen LogP contribution in [-0.4, -0.2) is 76.1 Å². The van der Waals surface area contributed by atoms with Crippen LogP contribution in [0.1, 0.15) is 51.4 Å². The Morgan fingerprint density at radius 1 is 1.07 bits per heavy atom. The predicted octanol–water partition coefficient (Wildman–Crippen LogP) is 4.96. The number of likely N-dealkylation sites (N-methyl/N-ethyl adjacent to an activating group) is 1. The number of anilines is 1. The number of para-hydroxylation sites is 1. The van der Waals surface area contributed by atoms with Crippen molar-refractivity contribution in [1.82, 2.24) is 24.3 Å². The Morgan fingerprint density at radius 2 is 1.84 bits per heavy atom. The fourth-order valence-electron chi connectivity index (χ4n) is 5.18. The molecule has 1 amide bonds. The van der Waals surface area contributed by atoms with Crippen molar-refractivity contribution in [1.29, 1.82) is 0 Å². The van der Waals surface area contributed by atoms with E-state index in [2.05, 4.69) is 16.5 Å². The van der Waals surface area contributed by atoms with Gasteiger partial charge in [0.1, 0.15) is 11.3 Å². The Kier molecular flexibility index (Phi) is 11.1. The average molecular weight is 607 g/mol. The molecule has 2 N–H and O–H groups in total. The highest BCUT2D eigenvalue weighted by Crippen LogP contribution is 2.30. The van der Waals surface area contributed by atoms with Gasteiger partial charge in [0.15, 0.2) is 24.0 Å². The molecular weight excluding hydrogens is 563 g/mol. The molecule has 0 aliphatic rings. The van der Waals surface area contributed by atoms with Crippen molar-refractivity contribution in [3.05, 3.63) is 59.7 Å². The lowest BCUT2D eigenvalue weighted by molar-refractivity contribution is -0.149. The number of nitrogens with zero attached hydrogens (tertiary/aromatic N) is 5. The molecule has 4 rings (SSSR count). The van der Waals surface area contributed by atoms with Crippen LogP contribution in [0.15, 0.2) is 42.5 Å². The number of carbonyl (C=O) groups excluding carboxylic acids is 2. The molecule has 11 heteroatoms. The summed E-state index contributed by atoms with van der Waals surface area (Å²) in [4.78, 5) is 38.2. The third-order valence-electron chi connectivity index (χ3n) is 7.17. The molecular formula is C33H43FN6O4. The topological polar surface area (TPSA) is 116 Å². The first kappa shape index (κ1) is 32.7. The molecule has 0 atom stereocenters. The molecule has 0 saturated carbocycles. The zero-order chi connectivity index (χ0) is 31.8. The summed E-state index contributed by atoms with van der Waals surface area (Å²) in [6.45, 7) is 6.42. The fourth-order valence-corrected chi connectivity index (χ4v) is 5.18. The first-order valence-electron chi connectivity index (χ1n) is 15.1. The Morgan fingerprint density at radius 3 is 2.57 bits per heavy atom. The largest absolute Gasteiger partial charge is 0.479 e. The van der Waals surface area contributed by atoms with Gasteiger partial charge in [-0.2, -0.15) is 0 Å². The molecule has 0 spiro atoms. The van der Waals surface area contributed by atoms with Crippen LogP contribution in [-0.2, 0) is 33.8 Å². The second-order valence-corrected chi connectivity index (χ2v) is 11.5. The van der Waals surface area contributed by atoms with Crippen LogP contribution in [0, 0.1) is 5.82 Å². The molecule has 2 aromatic carbocycles. The second-order valence-electron chi connectivity index (χ2n) is 11.5. The Hall–Kier alpha value is -4.25. The lowest BCUT2D eigenvalue weighted by Crippen LogP contribution is -2.38. The van der Waals surface area contributed by atoms with Gasteiger partial charge in [-0.15, -0.1) is 0 Å². The Labute approximate surface area is 257 Å². The van der Waals surface area contributed by atoms with E-state index in [4.69, 9.17) is 20.2 Å². The molecule has 0 fully saturated rings. The molecule has 10 nitrogen and oxygen atoms in total. The number of ether oxygens (including phenoxy) is 2. The van der Waals surface area contributed by atoms with E-state index in [-0.39, 0.29) is 30.9 Å². The standard InChI is InChI=1S/C33H43FN6O4/c1-6-7-16-27-37-31-32(24-13-8-9-14-25(24)36-33(31)35)40(27)18-11-17-39(28(41)20-38(4)5)19-23-12-10-15-26(30(23)34)43-21-29(42)44-22(2)3/h8-10,12-15,22H,6-7,11,16-21H2,1-5H3,(H2,35,36). The molecule has 0 unspecified atom stereocenters. The van der Waals surface area contributed by atoms with Gasteiger partial charge in [-0.05, 0) is 52.9 Å². The van der Waals surface area contributed by atoms with Crippen molar-refractivity contribution in [3.63, 3.8) is 0 Å². The van der Waals surface area contributed by atoms with E-state index in [1.165, 1.54) is 6.07 Å². The quantitative estimate of drug-likeness (QED) is 0.189. The smallest absolute Gasteiger partial charge is 0.344 e. The number of pyridine rings is 1. The number of halogens is 1. The van der Waals surface area contributed by atoms with Crippen LogP contribution in [0.3, 0.4) is 0 Å². The summed E-state index contributed by atoms with van der Waals surface area (Å²) in [5.41, 5.74) is 9.08. The number of amides is 1. The second kappa shape index (κ2) is 15.0. The molecule has 44 heavy (non-hydrogen) atoms. The minimum absolute atomic E-state index is 0.0549. The number of esters is 1. The number of aryl methyl sites for hydroxylation is 2. The van der Waals surface area contributed by atoms with E-state index in [1.807, 2.05) is 38.4 Å². The van der Waals surface area contributed by atoms with E-state index < -0.39 is 18.4 Å². The summed E-state index contributed by atoms with van der Waals surface area (Å²) in [6, 6.07) is 12.6. The van der Waals surface area contributed by atoms with Gasteiger partial charge in [0.2, 0.25) is 5.91 Å². The van der Waals surface area contributed by atoms with Gasteiger partial charge >= 0.3 is 5.97 Å². The molecule has 0 bridgehead atoms. The summed E-state index contributed by atoms with van der Waals surface area (Å²) in [7, 11) is 3.64. The Bertz CT molecular complexity index is 1600. The summed E-state index contributed by atoms with van der Waals surface area (Å²) in [5, 5.41) is 0.976. The van der Waals surface area contributed by atoms with Crippen molar-refractivity contribution in [3.8, 4) is 5.75 Å². The van der Waals surface area contributed by atoms with Gasteiger partial charge in [-0.25, -0.2) is 19.2 Å². The van der Waals surface area contributed by atoms with E-state index >= 15 is 4.39 Å². The van der Waals surface area contributed by atoms with Crippen LogP contribution >= 0.6 is 0 Å². The number of carbonyl (C=O) groups is 2. The number of aromatic nitrogens is 3. The van der Waals surface area contributed by atoms with Crippen LogP contribution in [0.2, 0.25) is 0 Å². The van der Waals surface area contributed by atoms with Crippen LogP contribution < -0.4 is 10.5 Å². The number of benzene rings is 2. The number of imidazole rings is 1. The number of hydrogen-bond donors (Lipinski definition) is 1. The van der Waals surface area contributed by atoms with Crippen LogP contribution in [0.4, 0.5) is 10.2 Å². The van der Waals surface area contributed by atoms with Crippen molar-refractivity contribution in [2.24, 2.45) is 0 Å². The Balaban J connectivity index is 1.57. The zero-order valence-corrected chi connectivity index (χ0v) is 26.3. The summed E-state index contributed by atoms with van der Waals surface area (Å²) >= 11 is 0. The number of rotatable bonds is 15. The fraction of sp³-hybridized carbons (Fsp3) is 0.455. The predicted molar refractivity (Wildman–Crippen MR) is 170 cm³/mol. The van der Waals surface area contributed by atoms with E-state index in [9.17, 15) is 9.59 Å². The number of fused-ring (bicyclic) bond motifs is 3. The zero-order valence-electron chi connectivity index (χ0n) is 26.3. The van der Waals surface area contributed by atoms with Crippen molar-refractivity contribution in [2.45, 2.75) is 65.6 Å².